The summed E-state index contributed by atoms with van der Waals surface area (Å²) in [5.74, 6) is -0.320. The summed E-state index contributed by atoms with van der Waals surface area (Å²) >= 11 is 3.37. The summed E-state index contributed by atoms with van der Waals surface area (Å²) in [5.41, 5.74) is 0.530. The Morgan fingerprint density at radius 3 is 2.70 bits per heavy atom. The highest BCUT2D eigenvalue weighted by molar-refractivity contribution is 9.10. The topological polar surface area (TPSA) is 64.0 Å². The average Bonchev–Trinajstić information content (AvgIpc) is 2.55. The van der Waals surface area contributed by atoms with Crippen molar-refractivity contribution in [1.29, 1.82) is 0 Å². The lowest BCUT2D eigenvalue weighted by molar-refractivity contribution is -0.125. The monoisotopic (exact) mass is 379 g/mol. The van der Waals surface area contributed by atoms with Crippen LogP contribution in [0, 0.1) is 5.92 Å². The van der Waals surface area contributed by atoms with Crippen LogP contribution < -0.4 is 10.9 Å². The van der Waals surface area contributed by atoms with Crippen molar-refractivity contribution in [3.8, 4) is 0 Å². The first-order valence-electron chi connectivity index (χ1n) is 7.91. The molecule has 5 nitrogen and oxygen atoms in total. The van der Waals surface area contributed by atoms with E-state index in [9.17, 15) is 9.59 Å². The Bertz CT molecular complexity index is 753. The van der Waals surface area contributed by atoms with Crippen LogP contribution in [0.2, 0.25) is 0 Å². The molecule has 0 aliphatic carbocycles. The third-order valence-corrected chi connectivity index (χ3v) is 4.53. The Balaban J connectivity index is 2.19. The molecule has 2 aromatic rings. The van der Waals surface area contributed by atoms with Crippen LogP contribution in [0.1, 0.15) is 33.6 Å². The number of aromatic nitrogens is 2. The quantitative estimate of drug-likeness (QED) is 0.838. The van der Waals surface area contributed by atoms with Crippen molar-refractivity contribution < 1.29 is 4.79 Å². The van der Waals surface area contributed by atoms with E-state index in [1.807, 2.05) is 13.0 Å². The number of nitrogens with one attached hydrogen (secondary N) is 1. The Labute approximate surface area is 144 Å². The van der Waals surface area contributed by atoms with Gasteiger partial charge in [-0.2, -0.15) is 0 Å². The maximum absolute atomic E-state index is 12.5. The summed E-state index contributed by atoms with van der Waals surface area (Å²) in [6.45, 7) is 6.25. The molecule has 0 bridgehead atoms. The van der Waals surface area contributed by atoms with Crippen molar-refractivity contribution in [2.45, 2.75) is 46.2 Å². The Morgan fingerprint density at radius 1 is 1.35 bits per heavy atom. The first kappa shape index (κ1) is 17.7. The molecule has 6 heteroatoms. The number of benzene rings is 1. The van der Waals surface area contributed by atoms with Crippen LogP contribution in [0.15, 0.2) is 33.8 Å². The summed E-state index contributed by atoms with van der Waals surface area (Å²) in [6.07, 6.45) is 3.32. The molecular weight excluding hydrogens is 358 g/mol. The first-order valence-corrected chi connectivity index (χ1v) is 8.70. The van der Waals surface area contributed by atoms with Crippen LogP contribution >= 0.6 is 15.9 Å². The zero-order valence-electron chi connectivity index (χ0n) is 13.7. The maximum Gasteiger partial charge on any atom is 0.261 e. The van der Waals surface area contributed by atoms with Gasteiger partial charge in [0.1, 0.15) is 0 Å². The molecule has 0 saturated heterocycles. The number of amides is 1. The first-order chi connectivity index (χ1) is 11.0. The zero-order chi connectivity index (χ0) is 17.0. The molecule has 1 amide bonds. The van der Waals surface area contributed by atoms with Gasteiger partial charge >= 0.3 is 0 Å². The lowest BCUT2D eigenvalue weighted by atomic mass is 10.1. The lowest BCUT2D eigenvalue weighted by Gasteiger charge is -2.19. The number of nitrogens with zero attached hydrogens (tertiary/aromatic N) is 2. The minimum absolute atomic E-state index is 0.0278. The Hall–Kier alpha value is -1.69. The van der Waals surface area contributed by atoms with Crippen molar-refractivity contribution in [2.24, 2.45) is 5.92 Å². The molecular formula is C17H22BrN3O2. The zero-order valence-corrected chi connectivity index (χ0v) is 15.3. The predicted octanol–water partition coefficient (Wildman–Crippen LogP) is 3.10. The molecule has 23 heavy (non-hydrogen) atoms. The molecule has 0 aliphatic heterocycles. The molecule has 1 aromatic heterocycles. The second kappa shape index (κ2) is 7.73. The number of fused-ring (bicyclic) bond motifs is 1. The number of hydrogen-bond donors (Lipinski definition) is 1. The lowest BCUT2D eigenvalue weighted by Crippen LogP contribution is -2.39. The van der Waals surface area contributed by atoms with Crippen LogP contribution in [0.5, 0.6) is 0 Å². The minimum Gasteiger partial charge on any atom is -0.353 e. The number of carbonyl (C=O) groups excluding carboxylic acids is 1. The summed E-state index contributed by atoms with van der Waals surface area (Å²) in [5, 5.41) is 3.57. The van der Waals surface area contributed by atoms with Crippen LogP contribution in [0.25, 0.3) is 10.9 Å². The van der Waals surface area contributed by atoms with Gasteiger partial charge in [0.2, 0.25) is 5.91 Å². The van der Waals surface area contributed by atoms with Crippen LogP contribution in [0.3, 0.4) is 0 Å². The van der Waals surface area contributed by atoms with Crippen LogP contribution in [-0.2, 0) is 11.3 Å². The molecule has 1 N–H and O–H groups in total. The Kier molecular flexibility index (Phi) is 5.93. The molecule has 1 aromatic carbocycles. The summed E-state index contributed by atoms with van der Waals surface area (Å²) in [7, 11) is 0. The van der Waals surface area contributed by atoms with E-state index in [4.69, 9.17) is 0 Å². The molecule has 0 radical (unpaired) electrons. The van der Waals surface area contributed by atoms with Gasteiger partial charge in [-0.05, 0) is 31.0 Å². The molecule has 0 fully saturated rings. The van der Waals surface area contributed by atoms with Crippen molar-refractivity contribution in [1.82, 2.24) is 14.9 Å². The van der Waals surface area contributed by atoms with Gasteiger partial charge in [0.05, 0.1) is 23.1 Å². The second-order valence-electron chi connectivity index (χ2n) is 5.79. The summed E-state index contributed by atoms with van der Waals surface area (Å²) in [4.78, 5) is 29.1. The fraction of sp³-hybridized carbons (Fsp3) is 0.471. The van der Waals surface area contributed by atoms with Gasteiger partial charge < -0.3 is 5.32 Å². The molecule has 0 saturated carbocycles. The van der Waals surface area contributed by atoms with E-state index in [-0.39, 0.29) is 23.4 Å². The molecule has 0 aliphatic rings. The second-order valence-corrected chi connectivity index (χ2v) is 6.70. The van der Waals surface area contributed by atoms with Crippen molar-refractivity contribution in [3.05, 3.63) is 39.4 Å². The molecule has 1 heterocycles. The van der Waals surface area contributed by atoms with Gasteiger partial charge in [0.15, 0.2) is 0 Å². The van der Waals surface area contributed by atoms with Gasteiger partial charge in [-0.15, -0.1) is 0 Å². The minimum atomic E-state index is -0.292. The third-order valence-electron chi connectivity index (χ3n) is 4.04. The van der Waals surface area contributed by atoms with Gasteiger partial charge in [0, 0.05) is 17.1 Å². The fourth-order valence-corrected chi connectivity index (χ4v) is 2.84. The van der Waals surface area contributed by atoms with Crippen molar-refractivity contribution in [3.63, 3.8) is 0 Å². The van der Waals surface area contributed by atoms with E-state index in [0.29, 0.717) is 17.4 Å². The predicted molar refractivity (Wildman–Crippen MR) is 95.4 cm³/mol. The normalized spacial score (nSPS) is 12.6. The van der Waals surface area contributed by atoms with Gasteiger partial charge in [-0.25, -0.2) is 4.98 Å². The highest BCUT2D eigenvalue weighted by Gasteiger charge is 2.17. The van der Waals surface area contributed by atoms with E-state index in [1.54, 1.807) is 12.1 Å². The Morgan fingerprint density at radius 2 is 2.04 bits per heavy atom. The number of halogens is 1. The highest BCUT2D eigenvalue weighted by atomic mass is 79.9. The third kappa shape index (κ3) is 4.19. The average molecular weight is 380 g/mol. The standard InChI is InChI=1S/C17H22BrN3O2/c1-4-13(5-2)20-16(22)11(3)9-21-10-19-15-7-6-12(18)8-14(15)17(21)23/h6-8,10-11,13H,4-5,9H2,1-3H3,(H,20,22). The molecule has 1 atom stereocenters. The van der Waals surface area contributed by atoms with Gasteiger partial charge in [0.25, 0.3) is 5.56 Å². The van der Waals surface area contributed by atoms with Crippen molar-refractivity contribution >= 4 is 32.7 Å². The van der Waals surface area contributed by atoms with E-state index in [2.05, 4.69) is 40.1 Å². The van der Waals surface area contributed by atoms with E-state index in [0.717, 1.165) is 17.3 Å². The number of hydrogen-bond acceptors (Lipinski definition) is 3. The molecule has 124 valence electrons. The molecule has 1 unspecified atom stereocenters. The van der Waals surface area contributed by atoms with Gasteiger partial charge in [-0.1, -0.05) is 36.7 Å². The van der Waals surface area contributed by atoms with E-state index >= 15 is 0 Å². The molecule has 2 rings (SSSR count). The number of rotatable bonds is 6. The molecule has 0 spiro atoms. The van der Waals surface area contributed by atoms with Crippen LogP contribution in [-0.4, -0.2) is 21.5 Å². The smallest absolute Gasteiger partial charge is 0.261 e. The fourth-order valence-electron chi connectivity index (χ4n) is 2.48. The van der Waals surface area contributed by atoms with Crippen molar-refractivity contribution in [2.75, 3.05) is 0 Å². The maximum atomic E-state index is 12.5. The summed E-state index contributed by atoms with van der Waals surface area (Å²) in [6, 6.07) is 5.60. The highest BCUT2D eigenvalue weighted by Crippen LogP contribution is 2.15. The number of carbonyl (C=O) groups is 1. The largest absolute Gasteiger partial charge is 0.353 e. The van der Waals surface area contributed by atoms with E-state index in [1.165, 1.54) is 10.9 Å². The van der Waals surface area contributed by atoms with Crippen LogP contribution in [0.4, 0.5) is 0 Å². The summed E-state index contributed by atoms with van der Waals surface area (Å²) < 4.78 is 2.34. The van der Waals surface area contributed by atoms with Gasteiger partial charge in [-0.3, -0.25) is 14.2 Å². The SMILES string of the molecule is CCC(CC)NC(=O)C(C)Cn1cnc2ccc(Br)cc2c1=O. The van der Waals surface area contributed by atoms with E-state index < -0.39 is 0 Å².